The summed E-state index contributed by atoms with van der Waals surface area (Å²) in [4.78, 5) is 23.5. The molecule has 3 rings (SSSR count). The Bertz CT molecular complexity index is 910. The molecule has 120 valence electrons. The second kappa shape index (κ2) is 6.96. The van der Waals surface area contributed by atoms with E-state index in [4.69, 9.17) is 4.74 Å². The first-order chi connectivity index (χ1) is 11.6. The zero-order valence-electron chi connectivity index (χ0n) is 13.3. The number of hydrogen-bond acceptors (Lipinski definition) is 3. The first kappa shape index (κ1) is 15.7. The van der Waals surface area contributed by atoms with Crippen molar-refractivity contribution < 1.29 is 9.53 Å². The Kier molecular flexibility index (Phi) is 4.57. The Morgan fingerprint density at radius 1 is 0.958 bits per heavy atom. The maximum atomic E-state index is 11.9. The van der Waals surface area contributed by atoms with Crippen molar-refractivity contribution >= 4 is 6.09 Å². The van der Waals surface area contributed by atoms with Crippen molar-refractivity contribution in [3.63, 3.8) is 0 Å². The quantitative estimate of drug-likeness (QED) is 0.733. The van der Waals surface area contributed by atoms with Gasteiger partial charge in [-0.15, -0.1) is 0 Å². The van der Waals surface area contributed by atoms with Crippen LogP contribution < -0.4 is 5.56 Å². The van der Waals surface area contributed by atoms with Gasteiger partial charge in [0.2, 0.25) is 0 Å². The molecule has 0 unspecified atom stereocenters. The van der Waals surface area contributed by atoms with E-state index in [9.17, 15) is 9.59 Å². The molecule has 4 heteroatoms. The van der Waals surface area contributed by atoms with Crippen LogP contribution in [0.4, 0.5) is 4.79 Å². The first-order valence-electron chi connectivity index (χ1n) is 7.65. The Morgan fingerprint density at radius 3 is 2.38 bits per heavy atom. The van der Waals surface area contributed by atoms with E-state index in [1.165, 1.54) is 23.4 Å². The summed E-state index contributed by atoms with van der Waals surface area (Å²) in [7, 11) is 0. The summed E-state index contributed by atoms with van der Waals surface area (Å²) in [5.41, 5.74) is 3.96. The van der Waals surface area contributed by atoms with Gasteiger partial charge >= 0.3 is 6.09 Å². The van der Waals surface area contributed by atoms with Crippen molar-refractivity contribution in [3.05, 3.63) is 94.4 Å². The van der Waals surface area contributed by atoms with Crippen molar-refractivity contribution in [2.45, 2.75) is 13.5 Å². The van der Waals surface area contributed by atoms with E-state index in [-0.39, 0.29) is 6.61 Å². The fourth-order valence-corrected chi connectivity index (χ4v) is 2.47. The Labute approximate surface area is 140 Å². The van der Waals surface area contributed by atoms with E-state index in [1.807, 2.05) is 36.4 Å². The molecule has 1 heterocycles. The fraction of sp³-hybridized carbons (Fsp3) is 0.100. The highest BCUT2D eigenvalue weighted by Gasteiger charge is 2.08. The van der Waals surface area contributed by atoms with Gasteiger partial charge in [0, 0.05) is 12.3 Å². The Hall–Kier alpha value is -3.14. The third-order valence-corrected chi connectivity index (χ3v) is 3.79. The lowest BCUT2D eigenvalue weighted by Crippen LogP contribution is -2.26. The molecule has 0 aliphatic heterocycles. The molecule has 4 nitrogen and oxygen atoms in total. The number of benzene rings is 2. The second-order valence-corrected chi connectivity index (χ2v) is 5.48. The van der Waals surface area contributed by atoms with Crippen LogP contribution in [0, 0.1) is 6.92 Å². The molecule has 0 spiro atoms. The van der Waals surface area contributed by atoms with Gasteiger partial charge in [-0.3, -0.25) is 4.79 Å². The van der Waals surface area contributed by atoms with Gasteiger partial charge < -0.3 is 4.74 Å². The van der Waals surface area contributed by atoms with Crippen LogP contribution in [0.2, 0.25) is 0 Å². The van der Waals surface area contributed by atoms with Gasteiger partial charge in [0.05, 0.1) is 0 Å². The topological polar surface area (TPSA) is 48.3 Å². The summed E-state index contributed by atoms with van der Waals surface area (Å²) in [5.74, 6) is 0. The molecule has 3 aromatic rings. The van der Waals surface area contributed by atoms with E-state index < -0.39 is 11.7 Å². The number of carbonyl (C=O) groups is 1. The van der Waals surface area contributed by atoms with Gasteiger partial charge in [-0.05, 0) is 35.2 Å². The van der Waals surface area contributed by atoms with Gasteiger partial charge in [0.25, 0.3) is 5.56 Å². The molecule has 0 aliphatic carbocycles. The van der Waals surface area contributed by atoms with E-state index in [1.54, 1.807) is 12.1 Å². The number of aryl methyl sites for hydroxylation is 1. The first-order valence-corrected chi connectivity index (χ1v) is 7.65. The predicted molar refractivity (Wildman–Crippen MR) is 92.9 cm³/mol. The normalized spacial score (nSPS) is 10.4. The van der Waals surface area contributed by atoms with E-state index in [0.29, 0.717) is 0 Å². The lowest BCUT2D eigenvalue weighted by molar-refractivity contribution is 0.140. The Morgan fingerprint density at radius 2 is 1.67 bits per heavy atom. The minimum absolute atomic E-state index is 0.119. The fourth-order valence-electron chi connectivity index (χ4n) is 2.47. The van der Waals surface area contributed by atoms with Crippen LogP contribution in [-0.4, -0.2) is 10.7 Å². The predicted octanol–water partition coefficient (Wildman–Crippen LogP) is 4.01. The molecule has 0 saturated heterocycles. The summed E-state index contributed by atoms with van der Waals surface area (Å²) in [5, 5.41) is 0. The third-order valence-electron chi connectivity index (χ3n) is 3.79. The van der Waals surface area contributed by atoms with Crippen molar-refractivity contribution in [3.8, 4) is 11.1 Å². The molecule has 0 atom stereocenters. The van der Waals surface area contributed by atoms with Gasteiger partial charge in [-0.2, -0.15) is 0 Å². The minimum atomic E-state index is -0.677. The number of hydrogen-bond donors (Lipinski definition) is 0. The van der Waals surface area contributed by atoms with Crippen molar-refractivity contribution in [2.24, 2.45) is 0 Å². The highest BCUT2D eigenvalue weighted by molar-refractivity contribution is 5.70. The highest BCUT2D eigenvalue weighted by atomic mass is 16.5. The molecule has 0 radical (unpaired) electrons. The van der Waals surface area contributed by atoms with Crippen LogP contribution in [0.5, 0.6) is 0 Å². The smallest absolute Gasteiger partial charge is 0.421 e. The van der Waals surface area contributed by atoms with Gasteiger partial charge in [-0.25, -0.2) is 9.36 Å². The van der Waals surface area contributed by atoms with Crippen LogP contribution in [-0.2, 0) is 11.3 Å². The maximum absolute atomic E-state index is 11.9. The molecule has 2 aromatic carbocycles. The third kappa shape index (κ3) is 3.43. The monoisotopic (exact) mass is 319 g/mol. The highest BCUT2D eigenvalue weighted by Crippen LogP contribution is 2.23. The molecular weight excluding hydrogens is 302 g/mol. The average molecular weight is 319 g/mol. The van der Waals surface area contributed by atoms with Crippen LogP contribution in [0.25, 0.3) is 11.1 Å². The van der Waals surface area contributed by atoms with Crippen molar-refractivity contribution in [1.29, 1.82) is 0 Å². The number of carbonyl (C=O) groups excluding carboxylic acids is 1. The maximum Gasteiger partial charge on any atom is 0.421 e. The molecule has 0 N–H and O–H groups in total. The van der Waals surface area contributed by atoms with Crippen LogP contribution in [0.15, 0.2) is 77.7 Å². The van der Waals surface area contributed by atoms with Gasteiger partial charge in [-0.1, -0.05) is 54.6 Å². The van der Waals surface area contributed by atoms with Crippen molar-refractivity contribution in [2.75, 3.05) is 0 Å². The zero-order chi connectivity index (χ0) is 16.9. The lowest BCUT2D eigenvalue weighted by Gasteiger charge is -2.08. The number of nitrogens with zero attached hydrogens (tertiary/aromatic N) is 1. The number of rotatable bonds is 3. The summed E-state index contributed by atoms with van der Waals surface area (Å²) in [6, 6.07) is 20.5. The second-order valence-electron chi connectivity index (χ2n) is 5.48. The standard InChI is InChI=1S/C20H17NO3/c1-15-6-2-3-7-18(15)17-11-9-16(10-12-17)14-24-20(23)21-13-5-4-8-19(21)22/h2-13H,14H2,1H3. The summed E-state index contributed by atoms with van der Waals surface area (Å²) < 4.78 is 6.13. The molecule has 0 aliphatic rings. The van der Waals surface area contributed by atoms with Crippen LogP contribution in [0.3, 0.4) is 0 Å². The SMILES string of the molecule is Cc1ccccc1-c1ccc(COC(=O)n2ccccc2=O)cc1. The number of pyridine rings is 1. The summed E-state index contributed by atoms with van der Waals surface area (Å²) in [6.45, 7) is 2.19. The van der Waals surface area contributed by atoms with Crippen LogP contribution >= 0.6 is 0 Å². The van der Waals surface area contributed by atoms with E-state index in [0.717, 1.165) is 15.7 Å². The summed E-state index contributed by atoms with van der Waals surface area (Å²) >= 11 is 0. The van der Waals surface area contributed by atoms with E-state index in [2.05, 4.69) is 19.1 Å². The Balaban J connectivity index is 1.69. The molecule has 0 amide bonds. The largest absolute Gasteiger partial charge is 0.444 e. The molecule has 24 heavy (non-hydrogen) atoms. The van der Waals surface area contributed by atoms with Crippen LogP contribution in [0.1, 0.15) is 11.1 Å². The molecule has 0 fully saturated rings. The molecule has 0 saturated carbocycles. The number of aromatic nitrogens is 1. The molecule has 1 aromatic heterocycles. The number of ether oxygens (including phenoxy) is 1. The van der Waals surface area contributed by atoms with Crippen molar-refractivity contribution in [1.82, 2.24) is 4.57 Å². The average Bonchev–Trinajstić information content (AvgIpc) is 2.61. The van der Waals surface area contributed by atoms with E-state index >= 15 is 0 Å². The van der Waals surface area contributed by atoms with Gasteiger partial charge in [0.1, 0.15) is 6.61 Å². The zero-order valence-corrected chi connectivity index (χ0v) is 13.3. The minimum Gasteiger partial charge on any atom is -0.444 e. The molecule has 0 bridgehead atoms. The molecular formula is C20H17NO3. The van der Waals surface area contributed by atoms with Gasteiger partial charge in [0.15, 0.2) is 0 Å². The lowest BCUT2D eigenvalue weighted by atomic mass is 10.00. The summed E-state index contributed by atoms with van der Waals surface area (Å²) in [6.07, 6.45) is 0.718.